The molecule has 0 aromatic heterocycles. The van der Waals surface area contributed by atoms with Crippen LogP contribution >= 0.6 is 0 Å². The van der Waals surface area contributed by atoms with E-state index in [0.717, 1.165) is 13.0 Å². The molecule has 0 radical (unpaired) electrons. The van der Waals surface area contributed by atoms with Gasteiger partial charge in [0.2, 0.25) is 0 Å². The molecule has 0 aliphatic carbocycles. The van der Waals surface area contributed by atoms with E-state index in [1.807, 2.05) is 0 Å². The minimum atomic E-state index is 0.145. The molecular weight excluding hydrogens is 256 g/mol. The zero-order chi connectivity index (χ0) is 14.8. The molecule has 3 rings (SSSR count). The minimum Gasteiger partial charge on any atom is -0.341 e. The first-order chi connectivity index (χ1) is 10.2. The molecule has 2 atom stereocenters. The first-order valence-electron chi connectivity index (χ1n) is 7.90. The first kappa shape index (κ1) is 14.2. The Bertz CT molecular complexity index is 603. The van der Waals surface area contributed by atoms with E-state index in [-0.39, 0.29) is 6.04 Å². The van der Waals surface area contributed by atoms with Crippen LogP contribution in [0.25, 0.3) is 0 Å². The summed E-state index contributed by atoms with van der Waals surface area (Å²) in [6.45, 7) is 5.53. The number of nitrogens with two attached hydrogens (primary N) is 1. The smallest absolute Gasteiger partial charge is 0.0443 e. The molecule has 0 fully saturated rings. The zero-order valence-electron chi connectivity index (χ0n) is 12.9. The topological polar surface area (TPSA) is 29.3 Å². The lowest BCUT2D eigenvalue weighted by atomic mass is 9.93. The van der Waals surface area contributed by atoms with Crippen molar-refractivity contribution in [2.45, 2.75) is 32.7 Å². The van der Waals surface area contributed by atoms with Crippen LogP contribution in [0.1, 0.15) is 37.4 Å². The predicted octanol–water partition coefficient (Wildman–Crippen LogP) is 4.43. The van der Waals surface area contributed by atoms with Crippen LogP contribution in [0.4, 0.5) is 11.4 Å². The summed E-state index contributed by atoms with van der Waals surface area (Å²) in [6, 6.07) is 17.6. The number of fused-ring (bicyclic) bond motifs is 1. The van der Waals surface area contributed by atoms with Gasteiger partial charge in [0.25, 0.3) is 0 Å². The normalized spacial score (nSPS) is 19.2. The van der Waals surface area contributed by atoms with E-state index < -0.39 is 0 Å². The molecule has 2 aromatic rings. The van der Waals surface area contributed by atoms with Crippen LogP contribution in [-0.4, -0.2) is 6.54 Å². The van der Waals surface area contributed by atoms with Gasteiger partial charge < -0.3 is 10.6 Å². The van der Waals surface area contributed by atoms with Gasteiger partial charge in [-0.15, -0.1) is 0 Å². The Morgan fingerprint density at radius 3 is 2.57 bits per heavy atom. The van der Waals surface area contributed by atoms with Crippen molar-refractivity contribution in [1.29, 1.82) is 0 Å². The number of para-hydroxylation sites is 1. The van der Waals surface area contributed by atoms with Gasteiger partial charge >= 0.3 is 0 Å². The van der Waals surface area contributed by atoms with Crippen molar-refractivity contribution in [3.63, 3.8) is 0 Å². The highest BCUT2D eigenvalue weighted by Gasteiger charge is 2.22. The zero-order valence-corrected chi connectivity index (χ0v) is 12.9. The monoisotopic (exact) mass is 280 g/mol. The lowest BCUT2D eigenvalue weighted by molar-refractivity contribution is 0.562. The molecule has 110 valence electrons. The maximum absolute atomic E-state index is 6.11. The second-order valence-corrected chi connectivity index (χ2v) is 6.15. The second kappa shape index (κ2) is 5.90. The molecule has 2 heteroatoms. The molecule has 1 heterocycles. The van der Waals surface area contributed by atoms with Gasteiger partial charge in [-0.3, -0.25) is 0 Å². The van der Waals surface area contributed by atoms with E-state index in [0.29, 0.717) is 5.92 Å². The lowest BCUT2D eigenvalue weighted by Crippen LogP contribution is -2.30. The molecule has 0 saturated heterocycles. The van der Waals surface area contributed by atoms with Crippen molar-refractivity contribution in [2.24, 2.45) is 11.7 Å². The third-order valence-corrected chi connectivity index (χ3v) is 4.42. The summed E-state index contributed by atoms with van der Waals surface area (Å²) < 4.78 is 0. The maximum atomic E-state index is 6.11. The van der Waals surface area contributed by atoms with Gasteiger partial charge in [0.05, 0.1) is 0 Å². The Hall–Kier alpha value is -1.80. The third kappa shape index (κ3) is 2.81. The van der Waals surface area contributed by atoms with Gasteiger partial charge in [0, 0.05) is 24.0 Å². The van der Waals surface area contributed by atoms with Crippen LogP contribution < -0.4 is 10.6 Å². The number of hydrogen-bond donors (Lipinski definition) is 1. The summed E-state index contributed by atoms with van der Waals surface area (Å²) in [5.41, 5.74) is 11.4. The predicted molar refractivity (Wildman–Crippen MR) is 90.0 cm³/mol. The van der Waals surface area contributed by atoms with E-state index in [9.17, 15) is 0 Å². The van der Waals surface area contributed by atoms with Crippen LogP contribution in [0.2, 0.25) is 0 Å². The van der Waals surface area contributed by atoms with E-state index in [2.05, 4.69) is 67.3 Å². The van der Waals surface area contributed by atoms with Crippen molar-refractivity contribution < 1.29 is 0 Å². The van der Waals surface area contributed by atoms with E-state index >= 15 is 0 Å². The average Bonchev–Trinajstić information content (AvgIpc) is 2.53. The summed E-state index contributed by atoms with van der Waals surface area (Å²) in [4.78, 5) is 2.44. The van der Waals surface area contributed by atoms with E-state index in [4.69, 9.17) is 5.73 Å². The Kier molecular flexibility index (Phi) is 3.98. The number of nitrogens with zero attached hydrogens (tertiary/aromatic N) is 1. The molecule has 0 saturated carbocycles. The van der Waals surface area contributed by atoms with Gasteiger partial charge in [-0.25, -0.2) is 0 Å². The first-order valence-corrected chi connectivity index (χ1v) is 7.90. The van der Waals surface area contributed by atoms with E-state index in [1.54, 1.807) is 0 Å². The highest BCUT2D eigenvalue weighted by Crippen LogP contribution is 2.35. The Balaban J connectivity index is 1.93. The van der Waals surface area contributed by atoms with Gasteiger partial charge in [-0.2, -0.15) is 0 Å². The molecule has 2 aromatic carbocycles. The Morgan fingerprint density at radius 1 is 1.14 bits per heavy atom. The van der Waals surface area contributed by atoms with Gasteiger partial charge in [-0.1, -0.05) is 44.2 Å². The van der Waals surface area contributed by atoms with Crippen molar-refractivity contribution in [3.05, 3.63) is 59.7 Å². The fourth-order valence-electron chi connectivity index (χ4n) is 3.18. The molecule has 21 heavy (non-hydrogen) atoms. The SMILES string of the molecule is CC[C@@H](N)c1ccc(N2CC(C)Cc3ccccc32)cc1. The molecule has 0 spiro atoms. The molecule has 2 N–H and O–H groups in total. The molecule has 0 bridgehead atoms. The van der Waals surface area contributed by atoms with Crippen LogP contribution in [0.3, 0.4) is 0 Å². The fraction of sp³-hybridized carbons (Fsp3) is 0.368. The lowest BCUT2D eigenvalue weighted by Gasteiger charge is -2.35. The highest BCUT2D eigenvalue weighted by molar-refractivity contribution is 5.68. The average molecular weight is 280 g/mol. The van der Waals surface area contributed by atoms with E-state index in [1.165, 1.54) is 28.9 Å². The van der Waals surface area contributed by atoms with Crippen molar-refractivity contribution in [3.8, 4) is 0 Å². The number of anilines is 2. The summed E-state index contributed by atoms with van der Waals surface area (Å²) >= 11 is 0. The quantitative estimate of drug-likeness (QED) is 0.901. The van der Waals surface area contributed by atoms with Gasteiger partial charge in [-0.05, 0) is 48.1 Å². The molecule has 0 amide bonds. The van der Waals surface area contributed by atoms with Gasteiger partial charge in [0.15, 0.2) is 0 Å². The summed E-state index contributed by atoms with van der Waals surface area (Å²) in [5, 5.41) is 0. The van der Waals surface area contributed by atoms with Gasteiger partial charge in [0.1, 0.15) is 0 Å². The molecule has 1 aliphatic rings. The summed E-state index contributed by atoms with van der Waals surface area (Å²) in [6.07, 6.45) is 2.15. The van der Waals surface area contributed by atoms with Crippen LogP contribution in [-0.2, 0) is 6.42 Å². The second-order valence-electron chi connectivity index (χ2n) is 6.15. The molecule has 1 unspecified atom stereocenters. The third-order valence-electron chi connectivity index (χ3n) is 4.42. The van der Waals surface area contributed by atoms with Crippen LogP contribution in [0.5, 0.6) is 0 Å². The van der Waals surface area contributed by atoms with Crippen molar-refractivity contribution in [2.75, 3.05) is 11.4 Å². The Morgan fingerprint density at radius 2 is 1.86 bits per heavy atom. The van der Waals surface area contributed by atoms with Crippen molar-refractivity contribution in [1.82, 2.24) is 0 Å². The molecular formula is C19H24N2. The molecule has 2 nitrogen and oxygen atoms in total. The number of benzene rings is 2. The maximum Gasteiger partial charge on any atom is 0.0443 e. The Labute approximate surface area is 127 Å². The summed E-state index contributed by atoms with van der Waals surface area (Å²) in [5.74, 6) is 0.678. The number of hydrogen-bond acceptors (Lipinski definition) is 2. The fourth-order valence-corrected chi connectivity index (χ4v) is 3.18. The van der Waals surface area contributed by atoms with Crippen molar-refractivity contribution >= 4 is 11.4 Å². The summed E-state index contributed by atoms with van der Waals surface area (Å²) in [7, 11) is 0. The minimum absolute atomic E-state index is 0.145. The highest BCUT2D eigenvalue weighted by atomic mass is 15.1. The largest absolute Gasteiger partial charge is 0.341 e. The standard InChI is InChI=1S/C19H24N2/c1-3-18(20)15-8-10-17(11-9-15)21-13-14(2)12-16-6-4-5-7-19(16)21/h4-11,14,18H,3,12-13,20H2,1-2H3/t14?,18-/m1/s1. The molecule has 1 aliphatic heterocycles. The number of rotatable bonds is 3. The van der Waals surface area contributed by atoms with Crippen LogP contribution in [0.15, 0.2) is 48.5 Å². The van der Waals surface area contributed by atoms with Crippen LogP contribution in [0, 0.1) is 5.92 Å².